The number of ketones is 1. The van der Waals surface area contributed by atoms with Crippen LogP contribution in [0.2, 0.25) is 0 Å². The molecule has 0 unspecified atom stereocenters. The number of ether oxygens (including phenoxy) is 2. The molecule has 1 aliphatic heterocycles. The highest BCUT2D eigenvalue weighted by Gasteiger charge is 2.41. The molecule has 4 rings (SSSR count). The number of rotatable bonds is 2. The van der Waals surface area contributed by atoms with Gasteiger partial charge in [-0.05, 0) is 22.8 Å². The van der Waals surface area contributed by atoms with Crippen LogP contribution in [0, 0.1) is 0 Å². The molecule has 1 atom stereocenters. The second-order valence-corrected chi connectivity index (χ2v) is 6.49. The van der Waals surface area contributed by atoms with Crippen LogP contribution in [0.25, 0.3) is 10.8 Å². The minimum absolute atomic E-state index is 0.00177. The average molecular weight is 349 g/mol. The number of carbonyl (C=O) groups is 2. The van der Waals surface area contributed by atoms with Crippen molar-refractivity contribution in [3.8, 4) is 0 Å². The molecule has 26 heavy (non-hydrogen) atoms. The van der Waals surface area contributed by atoms with E-state index in [1.165, 1.54) is 7.11 Å². The second-order valence-electron chi connectivity index (χ2n) is 6.49. The van der Waals surface area contributed by atoms with Crippen molar-refractivity contribution >= 4 is 22.5 Å². The summed E-state index contributed by atoms with van der Waals surface area (Å²) in [4.78, 5) is 25.3. The molecule has 0 amide bonds. The Labute approximate surface area is 151 Å². The summed E-state index contributed by atoms with van der Waals surface area (Å²) in [5.41, 5.74) is 7.67. The number of methoxy groups -OCH3 is 1. The van der Waals surface area contributed by atoms with Crippen LogP contribution in [-0.2, 0) is 19.1 Å². The first-order valence-electron chi connectivity index (χ1n) is 8.61. The Morgan fingerprint density at radius 2 is 1.92 bits per heavy atom. The molecule has 2 aromatic rings. The molecule has 0 fully saturated rings. The Morgan fingerprint density at radius 1 is 1.15 bits per heavy atom. The van der Waals surface area contributed by atoms with Gasteiger partial charge in [0.25, 0.3) is 0 Å². The summed E-state index contributed by atoms with van der Waals surface area (Å²) < 4.78 is 10.6. The smallest absolute Gasteiger partial charge is 0.340 e. The number of benzene rings is 2. The Hall–Kier alpha value is -3.08. The molecule has 1 heterocycles. The van der Waals surface area contributed by atoms with Gasteiger partial charge in [-0.3, -0.25) is 4.79 Å². The van der Waals surface area contributed by atoms with Crippen LogP contribution in [0.1, 0.15) is 30.7 Å². The number of hydrogen-bond donors (Lipinski definition) is 1. The maximum atomic E-state index is 12.8. The topological polar surface area (TPSA) is 78.6 Å². The Kier molecular flexibility index (Phi) is 3.99. The number of fused-ring (bicyclic) bond motifs is 1. The third-order valence-electron chi connectivity index (χ3n) is 5.02. The number of carbonyl (C=O) groups excluding carboxylic acids is 2. The van der Waals surface area contributed by atoms with Gasteiger partial charge in [0.05, 0.1) is 13.0 Å². The van der Waals surface area contributed by atoms with Crippen molar-refractivity contribution in [2.75, 3.05) is 7.11 Å². The molecule has 1 aliphatic carbocycles. The SMILES string of the molecule is COC(=O)C1=C(N)OC2=C(C(=O)CCC2)[C@@H]1c1cccc2ccccc12. The molecule has 2 aromatic carbocycles. The van der Waals surface area contributed by atoms with Crippen molar-refractivity contribution < 1.29 is 19.1 Å². The molecular formula is C21H19NO4. The molecule has 0 radical (unpaired) electrons. The van der Waals surface area contributed by atoms with Crippen LogP contribution in [0.5, 0.6) is 0 Å². The fourth-order valence-corrected chi connectivity index (χ4v) is 3.88. The number of esters is 1. The molecule has 2 aliphatic rings. The third kappa shape index (κ3) is 2.47. The summed E-state index contributed by atoms with van der Waals surface area (Å²) in [5.74, 6) is -0.568. The summed E-state index contributed by atoms with van der Waals surface area (Å²) in [6.45, 7) is 0. The van der Waals surface area contributed by atoms with Crippen LogP contribution in [-0.4, -0.2) is 18.9 Å². The lowest BCUT2D eigenvalue weighted by Crippen LogP contribution is -2.31. The van der Waals surface area contributed by atoms with E-state index in [-0.39, 0.29) is 17.2 Å². The van der Waals surface area contributed by atoms with Crippen molar-refractivity contribution in [1.82, 2.24) is 0 Å². The van der Waals surface area contributed by atoms with Gasteiger partial charge in [-0.15, -0.1) is 0 Å². The van der Waals surface area contributed by atoms with Gasteiger partial charge in [0, 0.05) is 18.4 Å². The largest absolute Gasteiger partial charge is 0.465 e. The monoisotopic (exact) mass is 349 g/mol. The average Bonchev–Trinajstić information content (AvgIpc) is 2.66. The van der Waals surface area contributed by atoms with Crippen LogP contribution in [0.15, 0.2) is 65.3 Å². The van der Waals surface area contributed by atoms with Gasteiger partial charge in [0.15, 0.2) is 5.78 Å². The van der Waals surface area contributed by atoms with E-state index in [0.29, 0.717) is 24.2 Å². The van der Waals surface area contributed by atoms with Gasteiger partial charge in [0.1, 0.15) is 11.3 Å². The highest BCUT2D eigenvalue weighted by atomic mass is 16.5. The van der Waals surface area contributed by atoms with E-state index in [4.69, 9.17) is 15.2 Å². The zero-order chi connectivity index (χ0) is 18.3. The van der Waals surface area contributed by atoms with Gasteiger partial charge in [-0.25, -0.2) is 4.79 Å². The molecule has 2 N–H and O–H groups in total. The molecule has 5 heteroatoms. The molecule has 0 saturated heterocycles. The number of allylic oxidation sites excluding steroid dienone is 2. The van der Waals surface area contributed by atoms with Crippen molar-refractivity contribution in [3.05, 3.63) is 70.8 Å². The second kappa shape index (κ2) is 6.33. The zero-order valence-corrected chi connectivity index (χ0v) is 14.5. The van der Waals surface area contributed by atoms with E-state index >= 15 is 0 Å². The van der Waals surface area contributed by atoms with Gasteiger partial charge >= 0.3 is 5.97 Å². The van der Waals surface area contributed by atoms with Crippen LogP contribution in [0.3, 0.4) is 0 Å². The highest BCUT2D eigenvalue weighted by Crippen LogP contribution is 2.45. The fraction of sp³-hybridized carbons (Fsp3) is 0.238. The molecule has 5 nitrogen and oxygen atoms in total. The van der Waals surface area contributed by atoms with E-state index < -0.39 is 11.9 Å². The van der Waals surface area contributed by atoms with E-state index in [1.54, 1.807) is 0 Å². The minimum atomic E-state index is -0.579. The number of Topliss-reactive ketones (excluding diaryl/α,β-unsaturated/α-hetero) is 1. The lowest BCUT2D eigenvalue weighted by atomic mass is 9.76. The summed E-state index contributed by atoms with van der Waals surface area (Å²) in [5, 5.41) is 2.01. The first kappa shape index (κ1) is 16.4. The first-order chi connectivity index (χ1) is 12.6. The molecule has 132 valence electrons. The van der Waals surface area contributed by atoms with Gasteiger partial charge in [-0.1, -0.05) is 42.5 Å². The van der Waals surface area contributed by atoms with Crippen molar-refractivity contribution in [1.29, 1.82) is 0 Å². The maximum Gasteiger partial charge on any atom is 0.340 e. The molecule has 0 spiro atoms. The Balaban J connectivity index is 2.01. The van der Waals surface area contributed by atoms with Gasteiger partial charge < -0.3 is 15.2 Å². The van der Waals surface area contributed by atoms with Crippen LogP contribution >= 0.6 is 0 Å². The molecule has 0 bridgehead atoms. The van der Waals surface area contributed by atoms with E-state index in [0.717, 1.165) is 22.8 Å². The Morgan fingerprint density at radius 3 is 2.73 bits per heavy atom. The molecular weight excluding hydrogens is 330 g/mol. The standard InChI is InChI=1S/C21H19NO4/c1-25-21(24)19-17(14-9-4-7-12-6-2-3-8-13(12)14)18-15(23)10-5-11-16(18)26-20(19)22/h2-4,6-9,17H,5,10-11,22H2,1H3/t17-/m0/s1. The fourth-order valence-electron chi connectivity index (χ4n) is 3.88. The Bertz CT molecular complexity index is 981. The molecule has 0 saturated carbocycles. The quantitative estimate of drug-likeness (QED) is 0.842. The summed E-state index contributed by atoms with van der Waals surface area (Å²) >= 11 is 0. The van der Waals surface area contributed by atoms with Crippen LogP contribution in [0.4, 0.5) is 0 Å². The van der Waals surface area contributed by atoms with Gasteiger partial charge in [0.2, 0.25) is 5.88 Å². The van der Waals surface area contributed by atoms with E-state index in [1.807, 2.05) is 42.5 Å². The molecule has 0 aromatic heterocycles. The van der Waals surface area contributed by atoms with Gasteiger partial charge in [-0.2, -0.15) is 0 Å². The highest BCUT2D eigenvalue weighted by molar-refractivity contribution is 6.04. The first-order valence-corrected chi connectivity index (χ1v) is 8.61. The number of hydrogen-bond acceptors (Lipinski definition) is 5. The normalized spacial score (nSPS) is 20.0. The summed E-state index contributed by atoms with van der Waals surface area (Å²) in [6.07, 6.45) is 1.80. The summed E-state index contributed by atoms with van der Waals surface area (Å²) in [6, 6.07) is 13.7. The van der Waals surface area contributed by atoms with Crippen molar-refractivity contribution in [3.63, 3.8) is 0 Å². The van der Waals surface area contributed by atoms with Crippen LogP contribution < -0.4 is 5.73 Å². The predicted molar refractivity (Wildman–Crippen MR) is 96.9 cm³/mol. The van der Waals surface area contributed by atoms with E-state index in [2.05, 4.69) is 0 Å². The lowest BCUT2D eigenvalue weighted by molar-refractivity contribution is -0.136. The minimum Gasteiger partial charge on any atom is -0.465 e. The predicted octanol–water partition coefficient (Wildman–Crippen LogP) is 3.30. The van der Waals surface area contributed by atoms with E-state index in [9.17, 15) is 9.59 Å². The van der Waals surface area contributed by atoms with Crippen molar-refractivity contribution in [2.45, 2.75) is 25.2 Å². The third-order valence-corrected chi connectivity index (χ3v) is 5.02. The number of nitrogens with two attached hydrogens (primary N) is 1. The maximum absolute atomic E-state index is 12.8. The van der Waals surface area contributed by atoms with Crippen molar-refractivity contribution in [2.24, 2.45) is 5.73 Å². The zero-order valence-electron chi connectivity index (χ0n) is 14.5. The summed E-state index contributed by atoms with van der Waals surface area (Å²) in [7, 11) is 1.30. The lowest BCUT2D eigenvalue weighted by Gasteiger charge is -2.32.